The van der Waals surface area contributed by atoms with E-state index < -0.39 is 0 Å². The lowest BCUT2D eigenvalue weighted by Gasteiger charge is -2.09. The minimum absolute atomic E-state index is 0.0463. The van der Waals surface area contributed by atoms with Gasteiger partial charge in [0.1, 0.15) is 11.5 Å². The largest absolute Gasteiger partial charge is 0.457 e. The van der Waals surface area contributed by atoms with Gasteiger partial charge in [-0.3, -0.25) is 14.8 Å². The van der Waals surface area contributed by atoms with E-state index in [1.165, 1.54) is 0 Å². The summed E-state index contributed by atoms with van der Waals surface area (Å²) in [7, 11) is 0. The molecular formula is C19H17N3O2S. The molecule has 0 unspecified atom stereocenters. The first-order valence-corrected chi connectivity index (χ1v) is 8.89. The Labute approximate surface area is 150 Å². The summed E-state index contributed by atoms with van der Waals surface area (Å²) in [6, 6.07) is 14.8. The van der Waals surface area contributed by atoms with Gasteiger partial charge in [0.25, 0.3) is 0 Å². The standard InChI is InChI=1S/C19H17N3O2S/c23-19(14-25-13-15-3-2-8-21-12-15)22-16-4-1-5-18(11-16)24-17-6-9-20-10-7-17/h1-12H,13-14H2,(H,22,23). The normalized spacial score (nSPS) is 10.2. The van der Waals surface area contributed by atoms with Crippen molar-refractivity contribution in [2.24, 2.45) is 0 Å². The summed E-state index contributed by atoms with van der Waals surface area (Å²) in [5, 5.41) is 2.89. The lowest BCUT2D eigenvalue weighted by molar-refractivity contribution is -0.113. The van der Waals surface area contributed by atoms with Crippen LogP contribution in [0.3, 0.4) is 0 Å². The van der Waals surface area contributed by atoms with Gasteiger partial charge in [-0.05, 0) is 35.9 Å². The Kier molecular flexibility index (Phi) is 6.01. The zero-order valence-corrected chi connectivity index (χ0v) is 14.3. The molecule has 1 aromatic carbocycles. The highest BCUT2D eigenvalue weighted by atomic mass is 32.2. The number of carbonyl (C=O) groups is 1. The van der Waals surface area contributed by atoms with Crippen LogP contribution >= 0.6 is 11.8 Å². The topological polar surface area (TPSA) is 64.1 Å². The Morgan fingerprint density at radius 3 is 2.68 bits per heavy atom. The van der Waals surface area contributed by atoms with E-state index in [0.717, 1.165) is 11.3 Å². The smallest absolute Gasteiger partial charge is 0.234 e. The number of amides is 1. The van der Waals surface area contributed by atoms with E-state index in [-0.39, 0.29) is 5.91 Å². The van der Waals surface area contributed by atoms with Gasteiger partial charge in [0.05, 0.1) is 5.75 Å². The number of nitrogens with one attached hydrogen (secondary N) is 1. The van der Waals surface area contributed by atoms with Gasteiger partial charge < -0.3 is 10.1 Å². The van der Waals surface area contributed by atoms with Crippen LogP contribution in [0.5, 0.6) is 11.5 Å². The van der Waals surface area contributed by atoms with E-state index in [4.69, 9.17) is 4.74 Å². The van der Waals surface area contributed by atoms with Crippen LogP contribution in [0.1, 0.15) is 5.56 Å². The SMILES string of the molecule is O=C(CSCc1cccnc1)Nc1cccc(Oc2ccncc2)c1. The zero-order chi connectivity index (χ0) is 17.3. The summed E-state index contributed by atoms with van der Waals surface area (Å²) in [6.07, 6.45) is 6.88. The number of aromatic nitrogens is 2. The Morgan fingerprint density at radius 1 is 1.00 bits per heavy atom. The molecule has 0 spiro atoms. The van der Waals surface area contributed by atoms with Crippen molar-refractivity contribution in [3.05, 3.63) is 78.9 Å². The Morgan fingerprint density at radius 2 is 1.88 bits per heavy atom. The number of nitrogens with zero attached hydrogens (tertiary/aromatic N) is 2. The number of anilines is 1. The molecule has 0 aliphatic carbocycles. The van der Waals surface area contributed by atoms with Gasteiger partial charge in [-0.15, -0.1) is 11.8 Å². The van der Waals surface area contributed by atoms with Crippen LogP contribution in [-0.4, -0.2) is 21.6 Å². The number of pyridine rings is 2. The first kappa shape index (κ1) is 17.0. The summed E-state index contributed by atoms with van der Waals surface area (Å²) < 4.78 is 5.74. The van der Waals surface area contributed by atoms with Crippen molar-refractivity contribution in [3.8, 4) is 11.5 Å². The maximum absolute atomic E-state index is 12.1. The summed E-state index contributed by atoms with van der Waals surface area (Å²) >= 11 is 1.55. The van der Waals surface area contributed by atoms with E-state index in [2.05, 4.69) is 15.3 Å². The Balaban J connectivity index is 1.50. The summed E-state index contributed by atoms with van der Waals surface area (Å²) in [6.45, 7) is 0. The van der Waals surface area contributed by atoms with Gasteiger partial charge in [-0.2, -0.15) is 0 Å². The second kappa shape index (κ2) is 8.84. The first-order valence-electron chi connectivity index (χ1n) is 7.74. The van der Waals surface area contributed by atoms with E-state index >= 15 is 0 Å². The third-order valence-corrected chi connectivity index (χ3v) is 4.23. The molecule has 2 heterocycles. The number of rotatable bonds is 7. The highest BCUT2D eigenvalue weighted by Crippen LogP contribution is 2.23. The average molecular weight is 351 g/mol. The molecule has 0 saturated heterocycles. The van der Waals surface area contributed by atoms with Crippen molar-refractivity contribution in [1.82, 2.24) is 9.97 Å². The zero-order valence-electron chi connectivity index (χ0n) is 13.5. The summed E-state index contributed by atoms with van der Waals surface area (Å²) in [5.41, 5.74) is 1.81. The molecule has 3 rings (SSSR count). The third kappa shape index (κ3) is 5.61. The molecule has 0 saturated carbocycles. The van der Waals surface area contributed by atoms with Crippen molar-refractivity contribution >= 4 is 23.4 Å². The molecule has 0 radical (unpaired) electrons. The minimum Gasteiger partial charge on any atom is -0.457 e. The number of benzene rings is 1. The molecule has 5 nitrogen and oxygen atoms in total. The van der Waals surface area contributed by atoms with Crippen molar-refractivity contribution in [2.45, 2.75) is 5.75 Å². The fourth-order valence-electron chi connectivity index (χ4n) is 2.12. The summed E-state index contributed by atoms with van der Waals surface area (Å²) in [4.78, 5) is 20.1. The molecule has 2 aromatic heterocycles. The predicted molar refractivity (Wildman–Crippen MR) is 99.8 cm³/mol. The number of carbonyl (C=O) groups excluding carboxylic acids is 1. The highest BCUT2D eigenvalue weighted by Gasteiger charge is 2.05. The molecule has 1 N–H and O–H groups in total. The van der Waals surface area contributed by atoms with Crippen LogP contribution in [0.4, 0.5) is 5.69 Å². The van der Waals surface area contributed by atoms with E-state index in [9.17, 15) is 4.79 Å². The van der Waals surface area contributed by atoms with Gasteiger partial charge >= 0.3 is 0 Å². The van der Waals surface area contributed by atoms with Crippen LogP contribution in [0.25, 0.3) is 0 Å². The maximum atomic E-state index is 12.1. The number of hydrogen-bond acceptors (Lipinski definition) is 5. The molecule has 6 heteroatoms. The van der Waals surface area contributed by atoms with Crippen molar-refractivity contribution < 1.29 is 9.53 Å². The Bertz CT molecular complexity index is 813. The monoisotopic (exact) mass is 351 g/mol. The molecule has 0 atom stereocenters. The fraction of sp³-hybridized carbons (Fsp3) is 0.105. The van der Waals surface area contributed by atoms with Crippen molar-refractivity contribution in [2.75, 3.05) is 11.1 Å². The third-order valence-electron chi connectivity index (χ3n) is 3.23. The van der Waals surface area contributed by atoms with Crippen molar-refractivity contribution in [3.63, 3.8) is 0 Å². The maximum Gasteiger partial charge on any atom is 0.234 e. The molecule has 25 heavy (non-hydrogen) atoms. The fourth-order valence-corrected chi connectivity index (χ4v) is 2.89. The number of ether oxygens (including phenoxy) is 1. The van der Waals surface area contributed by atoms with Crippen LogP contribution in [0, 0.1) is 0 Å². The predicted octanol–water partition coefficient (Wildman–Crippen LogP) is 4.14. The molecular weight excluding hydrogens is 334 g/mol. The minimum atomic E-state index is -0.0463. The molecule has 126 valence electrons. The first-order chi connectivity index (χ1) is 12.3. The van der Waals surface area contributed by atoms with Gasteiger partial charge in [0.15, 0.2) is 0 Å². The van der Waals surface area contributed by atoms with E-state index in [1.54, 1.807) is 48.6 Å². The van der Waals surface area contributed by atoms with Crippen molar-refractivity contribution in [1.29, 1.82) is 0 Å². The Hall–Kier alpha value is -2.86. The molecule has 1 amide bonds. The summed E-state index contributed by atoms with van der Waals surface area (Å²) in [5.74, 6) is 2.45. The van der Waals surface area contributed by atoms with Crippen LogP contribution in [0.2, 0.25) is 0 Å². The number of hydrogen-bond donors (Lipinski definition) is 1. The highest BCUT2D eigenvalue weighted by molar-refractivity contribution is 7.99. The van der Waals surface area contributed by atoms with Gasteiger partial charge in [-0.1, -0.05) is 12.1 Å². The van der Waals surface area contributed by atoms with Gasteiger partial charge in [0.2, 0.25) is 5.91 Å². The van der Waals surface area contributed by atoms with Crippen LogP contribution in [0.15, 0.2) is 73.3 Å². The number of thioether (sulfide) groups is 1. The second-order valence-corrected chi connectivity index (χ2v) is 6.20. The average Bonchev–Trinajstić information content (AvgIpc) is 2.64. The molecule has 3 aromatic rings. The lowest BCUT2D eigenvalue weighted by Crippen LogP contribution is -2.14. The van der Waals surface area contributed by atoms with Crippen LogP contribution < -0.4 is 10.1 Å². The molecule has 0 aliphatic rings. The van der Waals surface area contributed by atoms with Gasteiger partial charge in [-0.25, -0.2) is 0 Å². The van der Waals surface area contributed by atoms with E-state index in [1.807, 2.05) is 36.5 Å². The molecule has 0 bridgehead atoms. The van der Waals surface area contributed by atoms with Crippen LogP contribution in [-0.2, 0) is 10.5 Å². The second-order valence-electron chi connectivity index (χ2n) is 5.22. The lowest BCUT2D eigenvalue weighted by atomic mass is 10.3. The quantitative estimate of drug-likeness (QED) is 0.693. The van der Waals surface area contributed by atoms with E-state index in [0.29, 0.717) is 22.9 Å². The van der Waals surface area contributed by atoms with Gasteiger partial charge in [0, 0.05) is 42.3 Å². The molecule has 0 fully saturated rings. The molecule has 0 aliphatic heterocycles.